The van der Waals surface area contributed by atoms with Gasteiger partial charge in [0.25, 0.3) is 0 Å². The third kappa shape index (κ3) is 10.7. The average molecular weight is 711 g/mol. The Hall–Kier alpha value is -3.65. The topological polar surface area (TPSA) is 103 Å². The molecule has 0 unspecified atom stereocenters. The maximum atomic E-state index is 15.0. The Balaban J connectivity index is 1.52. The second-order valence-electron chi connectivity index (χ2n) is 14.0. The molecular weight excluding hydrogens is 660 g/mol. The van der Waals surface area contributed by atoms with Crippen LogP contribution < -0.4 is 4.90 Å². The van der Waals surface area contributed by atoms with Crippen LogP contribution in [-0.2, 0) is 19.1 Å². The number of carbonyl (C=O) groups is 3. The first-order valence-electron chi connectivity index (χ1n) is 17.3. The van der Waals surface area contributed by atoms with Gasteiger partial charge in [-0.2, -0.15) is 13.2 Å². The predicted molar refractivity (Wildman–Crippen MR) is 181 cm³/mol. The van der Waals surface area contributed by atoms with Gasteiger partial charge in [-0.15, -0.1) is 0 Å². The molecule has 0 radical (unpaired) electrons. The zero-order chi connectivity index (χ0) is 36.7. The molecule has 278 valence electrons. The molecular formula is C36H50F4N4O6. The number of esters is 1. The molecule has 2 fully saturated rings. The Bertz CT molecular complexity index is 1410. The monoisotopic (exact) mass is 710 g/mol. The van der Waals surface area contributed by atoms with E-state index in [9.17, 15) is 37.1 Å². The number of ether oxygens (including phenoxy) is 2. The van der Waals surface area contributed by atoms with Crippen molar-refractivity contribution in [2.24, 2.45) is 11.8 Å². The number of likely N-dealkylation sites (tertiary alicyclic amines) is 1. The van der Waals surface area contributed by atoms with E-state index >= 15 is 0 Å². The van der Waals surface area contributed by atoms with Crippen LogP contribution in [0.2, 0.25) is 0 Å². The Morgan fingerprint density at radius 1 is 0.980 bits per heavy atom. The Kier molecular flexibility index (Phi) is 13.3. The van der Waals surface area contributed by atoms with Crippen LogP contribution in [0.25, 0.3) is 6.08 Å². The van der Waals surface area contributed by atoms with Crippen molar-refractivity contribution in [2.45, 2.75) is 83.4 Å². The number of likely N-dealkylation sites (N-methyl/N-ethyl adjacent to an activating group) is 1. The van der Waals surface area contributed by atoms with Gasteiger partial charge < -0.3 is 34.2 Å². The summed E-state index contributed by atoms with van der Waals surface area (Å²) in [5.74, 6) is -3.46. The second-order valence-corrected chi connectivity index (χ2v) is 14.0. The number of alkyl halides is 3. The second kappa shape index (κ2) is 17.0. The summed E-state index contributed by atoms with van der Waals surface area (Å²) < 4.78 is 65.5. The van der Waals surface area contributed by atoms with E-state index in [1.54, 1.807) is 35.9 Å². The van der Waals surface area contributed by atoms with E-state index in [0.717, 1.165) is 18.0 Å². The van der Waals surface area contributed by atoms with E-state index in [0.29, 0.717) is 42.8 Å². The van der Waals surface area contributed by atoms with Crippen molar-refractivity contribution in [3.05, 3.63) is 47.3 Å². The van der Waals surface area contributed by atoms with Crippen molar-refractivity contribution in [1.29, 1.82) is 0 Å². The molecule has 0 saturated carbocycles. The number of nitrogens with zero attached hydrogens (tertiary/aromatic N) is 4. The van der Waals surface area contributed by atoms with Gasteiger partial charge in [0, 0.05) is 64.0 Å². The fraction of sp³-hybridized carbons (Fsp3) is 0.639. The molecule has 1 N–H and O–H groups in total. The van der Waals surface area contributed by atoms with Crippen LogP contribution in [0.4, 0.5) is 28.0 Å². The Morgan fingerprint density at radius 2 is 1.64 bits per heavy atom. The summed E-state index contributed by atoms with van der Waals surface area (Å²) in [7, 11) is 3.74. The smallest absolute Gasteiger partial charge is 0.457 e. The van der Waals surface area contributed by atoms with Crippen LogP contribution >= 0.6 is 0 Å². The maximum Gasteiger partial charge on any atom is 0.471 e. The number of hydrogen-bond donors (Lipinski definition) is 1. The summed E-state index contributed by atoms with van der Waals surface area (Å²) in [5.41, 5.74) is 1.61. The van der Waals surface area contributed by atoms with E-state index in [-0.39, 0.29) is 50.2 Å². The number of benzene rings is 1. The largest absolute Gasteiger partial charge is 0.471 e. The molecule has 14 heteroatoms. The number of piperidine rings is 1. The highest BCUT2D eigenvalue weighted by molar-refractivity contribution is 5.82. The quantitative estimate of drug-likeness (QED) is 0.251. The summed E-state index contributed by atoms with van der Waals surface area (Å²) in [6.07, 6.45) is -1.03. The van der Waals surface area contributed by atoms with Crippen LogP contribution in [0, 0.1) is 17.7 Å². The third-order valence-electron chi connectivity index (χ3n) is 9.95. The van der Waals surface area contributed by atoms with Gasteiger partial charge in [0.15, 0.2) is 0 Å². The number of hydrogen-bond acceptors (Lipinski definition) is 8. The lowest BCUT2D eigenvalue weighted by Crippen LogP contribution is -2.49. The molecule has 0 bridgehead atoms. The van der Waals surface area contributed by atoms with Crippen LogP contribution in [0.3, 0.4) is 0 Å². The molecule has 0 spiro atoms. The van der Waals surface area contributed by atoms with E-state index in [4.69, 9.17) is 9.47 Å². The molecule has 1 aromatic rings. The molecule has 0 aromatic heterocycles. The molecule has 1 aromatic carbocycles. The normalized spacial score (nSPS) is 26.9. The molecule has 3 aliphatic heterocycles. The van der Waals surface area contributed by atoms with Crippen molar-refractivity contribution in [3.63, 3.8) is 0 Å². The number of piperazine rings is 1. The molecule has 3 heterocycles. The van der Waals surface area contributed by atoms with Gasteiger partial charge in [-0.1, -0.05) is 26.0 Å². The number of halogens is 4. The minimum atomic E-state index is -4.92. The molecule has 0 aliphatic carbocycles. The van der Waals surface area contributed by atoms with Crippen molar-refractivity contribution in [2.75, 3.05) is 58.3 Å². The van der Waals surface area contributed by atoms with Gasteiger partial charge in [-0.25, -0.2) is 9.18 Å². The number of amides is 2. The first-order chi connectivity index (χ1) is 23.5. The molecule has 50 heavy (non-hydrogen) atoms. The maximum absolute atomic E-state index is 15.0. The summed E-state index contributed by atoms with van der Waals surface area (Å²) in [6, 6.07) is 4.21. The number of anilines is 1. The highest BCUT2D eigenvalue weighted by Gasteiger charge is 2.43. The van der Waals surface area contributed by atoms with Crippen LogP contribution in [-0.4, -0.2) is 122 Å². The van der Waals surface area contributed by atoms with Gasteiger partial charge >= 0.3 is 24.1 Å². The van der Waals surface area contributed by atoms with Crippen molar-refractivity contribution < 1.29 is 46.5 Å². The zero-order valence-corrected chi connectivity index (χ0v) is 29.5. The molecule has 4 rings (SSSR count). The highest BCUT2D eigenvalue weighted by atomic mass is 19.4. The van der Waals surface area contributed by atoms with Gasteiger partial charge in [-0.3, -0.25) is 9.59 Å². The summed E-state index contributed by atoms with van der Waals surface area (Å²) in [6.45, 7) is 8.09. The van der Waals surface area contributed by atoms with E-state index in [1.165, 1.54) is 12.1 Å². The first kappa shape index (κ1) is 39.1. The molecule has 10 nitrogen and oxygen atoms in total. The number of cyclic esters (lactones) is 1. The van der Waals surface area contributed by atoms with Crippen LogP contribution in [0.15, 0.2) is 35.9 Å². The highest BCUT2D eigenvalue weighted by Crippen LogP contribution is 2.30. The first-order valence-corrected chi connectivity index (χ1v) is 17.3. The summed E-state index contributed by atoms with van der Waals surface area (Å²) in [5, 5.41) is 10.6. The van der Waals surface area contributed by atoms with Gasteiger partial charge in [0.05, 0.1) is 12.5 Å². The van der Waals surface area contributed by atoms with Crippen molar-refractivity contribution in [3.8, 4) is 0 Å². The number of carbonyl (C=O) groups excluding carboxylic acids is 3. The van der Waals surface area contributed by atoms with Crippen LogP contribution in [0.5, 0.6) is 0 Å². The third-order valence-corrected chi connectivity index (χ3v) is 9.95. The van der Waals surface area contributed by atoms with Crippen LogP contribution in [0.1, 0.15) is 58.4 Å². The van der Waals surface area contributed by atoms with Gasteiger partial charge in [0.2, 0.25) is 0 Å². The minimum Gasteiger partial charge on any atom is -0.457 e. The molecule has 2 amide bonds. The molecule has 3 aliphatic rings. The minimum absolute atomic E-state index is 0.0592. The van der Waals surface area contributed by atoms with Gasteiger partial charge in [-0.05, 0) is 81.0 Å². The summed E-state index contributed by atoms with van der Waals surface area (Å²) in [4.78, 5) is 44.1. The Morgan fingerprint density at radius 3 is 2.28 bits per heavy atom. The predicted octanol–water partition coefficient (Wildman–Crippen LogP) is 5.26. The number of aliphatic hydroxyl groups excluding tert-OH is 1. The van der Waals surface area contributed by atoms with E-state index < -0.39 is 48.3 Å². The SMILES string of the molecule is C/C(=C\c1cc(F)cc(N(C)C2CCN(C(=O)C(F)(F)F)CC2)c1)[C@H]1OC(=O)C[C@H](O)CC[C@H](C)[C@@H](OC(=O)N2CCN(C)CC2)C=C[C@@H]1C. The average Bonchev–Trinajstić information content (AvgIpc) is 3.06. The lowest BCUT2D eigenvalue weighted by Gasteiger charge is -2.38. The van der Waals surface area contributed by atoms with Gasteiger partial charge in [0.1, 0.15) is 18.0 Å². The van der Waals surface area contributed by atoms with Crippen molar-refractivity contribution >= 4 is 29.7 Å². The molecule has 5 atom stereocenters. The summed E-state index contributed by atoms with van der Waals surface area (Å²) >= 11 is 0. The lowest BCUT2D eigenvalue weighted by molar-refractivity contribution is -0.186. The fourth-order valence-corrected chi connectivity index (χ4v) is 6.70. The van der Waals surface area contributed by atoms with E-state index in [1.807, 2.05) is 33.0 Å². The fourth-order valence-electron chi connectivity index (χ4n) is 6.70. The lowest BCUT2D eigenvalue weighted by atomic mass is 9.91. The van der Waals surface area contributed by atoms with E-state index in [2.05, 4.69) is 4.90 Å². The molecule has 2 saturated heterocycles. The zero-order valence-electron chi connectivity index (χ0n) is 29.5. The number of rotatable bonds is 5. The Labute approximate surface area is 291 Å². The standard InChI is InChI=1S/C36H50F4N4O6/c1-23-6-8-30(45)22-32(46)50-33(24(2)7-9-31(23)49-35(48)44-16-14-41(4)15-17-44)25(3)18-26-19-27(37)21-29(20-26)42(5)28-10-12-43(13-11-28)34(47)36(38,39)40/h7,9,18-21,23-24,28,30-31,33,45H,6,8,10-17,22H2,1-5H3/b9-7?,25-18+/t23-,24-,30+,31-,33-/m0/s1. The number of aliphatic hydroxyl groups is 1. The van der Waals surface area contributed by atoms with Crippen molar-refractivity contribution in [1.82, 2.24) is 14.7 Å².